The average molecular weight is 527 g/mol. The molecule has 1 saturated carbocycles. The highest BCUT2D eigenvalue weighted by molar-refractivity contribution is 7.86. The van der Waals surface area contributed by atoms with E-state index in [4.69, 9.17) is 6.42 Å². The maximum atomic E-state index is 14.1. The van der Waals surface area contributed by atoms with E-state index in [9.17, 15) is 17.1 Å². The van der Waals surface area contributed by atoms with Crippen molar-refractivity contribution >= 4 is 43.1 Å². The summed E-state index contributed by atoms with van der Waals surface area (Å²) in [5.41, 5.74) is 5.32. The standard InChI is InChI=1S/C31H27FN2O3S/c1-4-19-12-13-23-27(14-19)33-31-29(23)30(35)26-16-24(18(2)3)25(17-28(26)34(31)21-9-5-6-10-21)20-8-7-11-22(15-20)38(32,36)37/h1,7-8,11-18,21,33H,5-6,9-10H2,2-3H3. The molecule has 0 spiro atoms. The first-order chi connectivity index (χ1) is 18.2. The maximum Gasteiger partial charge on any atom is 0.332 e. The van der Waals surface area contributed by atoms with Crippen molar-refractivity contribution in [1.82, 2.24) is 9.55 Å². The van der Waals surface area contributed by atoms with Gasteiger partial charge in [-0.2, -0.15) is 8.42 Å². The Bertz CT molecular complexity index is 1970. The predicted molar refractivity (Wildman–Crippen MR) is 151 cm³/mol. The molecule has 5 nitrogen and oxygen atoms in total. The summed E-state index contributed by atoms with van der Waals surface area (Å²) in [7, 11) is -4.86. The van der Waals surface area contributed by atoms with Crippen molar-refractivity contribution in [3.8, 4) is 23.5 Å². The highest BCUT2D eigenvalue weighted by Crippen LogP contribution is 2.40. The largest absolute Gasteiger partial charge is 0.340 e. The Morgan fingerprint density at radius 2 is 1.82 bits per heavy atom. The zero-order chi connectivity index (χ0) is 26.8. The van der Waals surface area contributed by atoms with E-state index in [-0.39, 0.29) is 22.3 Å². The molecule has 0 bridgehead atoms. The van der Waals surface area contributed by atoms with Gasteiger partial charge in [-0.05, 0) is 71.8 Å². The molecule has 6 rings (SSSR count). The number of benzene rings is 3. The maximum absolute atomic E-state index is 14.1. The molecule has 2 aromatic heterocycles. The molecule has 1 fully saturated rings. The first-order valence-corrected chi connectivity index (χ1v) is 14.2. The predicted octanol–water partition coefficient (Wildman–Crippen LogP) is 7.18. The van der Waals surface area contributed by atoms with Crippen LogP contribution in [0.4, 0.5) is 3.89 Å². The number of terminal acetylenes is 1. The Morgan fingerprint density at radius 1 is 1.05 bits per heavy atom. The van der Waals surface area contributed by atoms with E-state index in [1.807, 2.05) is 44.2 Å². The number of halogens is 1. The smallest absolute Gasteiger partial charge is 0.332 e. The number of rotatable bonds is 4. The Morgan fingerprint density at radius 3 is 2.50 bits per heavy atom. The number of aromatic nitrogens is 2. The van der Waals surface area contributed by atoms with Crippen molar-refractivity contribution in [2.45, 2.75) is 56.4 Å². The molecule has 5 aromatic rings. The van der Waals surface area contributed by atoms with Crippen LogP contribution in [0.2, 0.25) is 0 Å². The molecule has 0 amide bonds. The summed E-state index contributed by atoms with van der Waals surface area (Å²) in [5.74, 6) is 2.70. The minimum absolute atomic E-state index is 0.0382. The number of fused-ring (bicyclic) bond motifs is 4. The molecule has 0 unspecified atom stereocenters. The van der Waals surface area contributed by atoms with Crippen molar-refractivity contribution in [1.29, 1.82) is 0 Å². The van der Waals surface area contributed by atoms with Crippen LogP contribution in [-0.4, -0.2) is 18.0 Å². The number of hydrogen-bond donors (Lipinski definition) is 1. The van der Waals surface area contributed by atoms with E-state index >= 15 is 0 Å². The Balaban J connectivity index is 1.76. The highest BCUT2D eigenvalue weighted by Gasteiger charge is 2.25. The van der Waals surface area contributed by atoms with Gasteiger partial charge in [0.2, 0.25) is 0 Å². The third kappa shape index (κ3) is 3.83. The normalized spacial score (nSPS) is 14.7. The molecule has 0 radical (unpaired) electrons. The minimum Gasteiger partial charge on any atom is -0.340 e. The van der Waals surface area contributed by atoms with Crippen LogP contribution in [0.3, 0.4) is 0 Å². The third-order valence-corrected chi connectivity index (χ3v) is 8.64. The first kappa shape index (κ1) is 24.4. The van der Waals surface area contributed by atoms with Crippen molar-refractivity contribution in [3.63, 3.8) is 0 Å². The number of hydrogen-bond acceptors (Lipinski definition) is 3. The zero-order valence-corrected chi connectivity index (χ0v) is 22.0. The van der Waals surface area contributed by atoms with Crippen LogP contribution in [0.15, 0.2) is 64.3 Å². The number of pyridine rings is 1. The molecule has 1 N–H and O–H groups in total. The van der Waals surface area contributed by atoms with Crippen molar-refractivity contribution in [2.24, 2.45) is 0 Å². The van der Waals surface area contributed by atoms with Gasteiger partial charge in [0.15, 0.2) is 5.43 Å². The van der Waals surface area contributed by atoms with Gasteiger partial charge in [0.25, 0.3) is 0 Å². The van der Waals surface area contributed by atoms with Gasteiger partial charge in [0.05, 0.1) is 15.8 Å². The van der Waals surface area contributed by atoms with Gasteiger partial charge >= 0.3 is 10.2 Å². The molecule has 0 saturated heterocycles. The van der Waals surface area contributed by atoms with Crippen molar-refractivity contribution in [2.75, 3.05) is 0 Å². The van der Waals surface area contributed by atoms with Crippen LogP contribution in [0.1, 0.15) is 62.6 Å². The van der Waals surface area contributed by atoms with E-state index in [1.165, 1.54) is 12.1 Å². The van der Waals surface area contributed by atoms with E-state index in [2.05, 4.69) is 15.5 Å². The molecular weight excluding hydrogens is 499 g/mol. The second-order valence-electron chi connectivity index (χ2n) is 10.5. The zero-order valence-electron chi connectivity index (χ0n) is 21.2. The highest BCUT2D eigenvalue weighted by atomic mass is 32.3. The molecule has 0 atom stereocenters. The van der Waals surface area contributed by atoms with Gasteiger partial charge in [-0.25, -0.2) is 0 Å². The van der Waals surface area contributed by atoms with Crippen LogP contribution in [0, 0.1) is 12.3 Å². The minimum atomic E-state index is -4.86. The van der Waals surface area contributed by atoms with E-state index < -0.39 is 10.2 Å². The summed E-state index contributed by atoms with van der Waals surface area (Å²) in [6.45, 7) is 4.06. The second kappa shape index (κ2) is 8.85. The molecule has 1 aliphatic rings. The van der Waals surface area contributed by atoms with Crippen molar-refractivity contribution in [3.05, 3.63) is 75.9 Å². The molecule has 0 aliphatic heterocycles. The van der Waals surface area contributed by atoms with E-state index in [0.29, 0.717) is 16.3 Å². The summed E-state index contributed by atoms with van der Waals surface area (Å²) in [6.07, 6.45) is 9.84. The lowest BCUT2D eigenvalue weighted by Crippen LogP contribution is -2.15. The molecular formula is C31H27FN2O3S. The van der Waals surface area contributed by atoms with Gasteiger partial charge in [-0.3, -0.25) is 4.79 Å². The Hall–Kier alpha value is -3.89. The molecule has 192 valence electrons. The van der Waals surface area contributed by atoms with Gasteiger partial charge < -0.3 is 9.55 Å². The average Bonchev–Trinajstić information content (AvgIpc) is 3.55. The third-order valence-electron chi connectivity index (χ3n) is 7.82. The number of nitrogens with one attached hydrogen (secondary N) is 1. The summed E-state index contributed by atoms with van der Waals surface area (Å²) in [5, 5.41) is 2.11. The van der Waals surface area contributed by atoms with Gasteiger partial charge in [-0.15, -0.1) is 10.3 Å². The molecule has 1 aliphatic carbocycles. The first-order valence-electron chi connectivity index (χ1n) is 12.9. The quantitative estimate of drug-likeness (QED) is 0.199. The fraction of sp³-hybridized carbons (Fsp3) is 0.258. The Kier molecular flexibility index (Phi) is 5.69. The summed E-state index contributed by atoms with van der Waals surface area (Å²) >= 11 is 0. The van der Waals surface area contributed by atoms with Gasteiger partial charge in [0, 0.05) is 27.9 Å². The second-order valence-corrected chi connectivity index (χ2v) is 11.8. The van der Waals surface area contributed by atoms with Crippen LogP contribution in [0.25, 0.3) is 44.0 Å². The topological polar surface area (TPSA) is 71.9 Å². The van der Waals surface area contributed by atoms with Crippen LogP contribution in [-0.2, 0) is 10.2 Å². The lowest BCUT2D eigenvalue weighted by molar-refractivity contribution is 0.545. The summed E-state index contributed by atoms with van der Waals surface area (Å²) in [4.78, 5) is 17.2. The Labute approximate surface area is 220 Å². The fourth-order valence-corrected chi connectivity index (χ4v) is 6.52. The van der Waals surface area contributed by atoms with Crippen LogP contribution < -0.4 is 5.43 Å². The van der Waals surface area contributed by atoms with E-state index in [1.54, 1.807) is 12.1 Å². The van der Waals surface area contributed by atoms with E-state index in [0.717, 1.165) is 64.4 Å². The lowest BCUT2D eigenvalue weighted by atomic mass is 9.90. The number of H-pyrrole nitrogens is 1. The van der Waals surface area contributed by atoms with Gasteiger partial charge in [0.1, 0.15) is 5.65 Å². The fourth-order valence-electron chi connectivity index (χ4n) is 6.01. The molecule has 2 heterocycles. The summed E-state index contributed by atoms with van der Waals surface area (Å²) in [6, 6.07) is 15.7. The molecule has 3 aromatic carbocycles. The molecule has 38 heavy (non-hydrogen) atoms. The lowest BCUT2D eigenvalue weighted by Gasteiger charge is -2.22. The van der Waals surface area contributed by atoms with Crippen LogP contribution in [0.5, 0.6) is 0 Å². The molecule has 7 heteroatoms. The number of aromatic amines is 1. The van der Waals surface area contributed by atoms with Crippen LogP contribution >= 0.6 is 0 Å². The van der Waals surface area contributed by atoms with Gasteiger partial charge in [-0.1, -0.05) is 50.8 Å². The monoisotopic (exact) mass is 526 g/mol. The SMILES string of the molecule is C#Cc1ccc2c(c1)[nH]c1c2c(=O)c2cc(C(C)C)c(-c3cccc(S(=O)(=O)F)c3)cc2n1C1CCCC1. The summed E-state index contributed by atoms with van der Waals surface area (Å²) < 4.78 is 39.5. The number of nitrogens with zero attached hydrogens (tertiary/aromatic N) is 1. The van der Waals surface area contributed by atoms with Crippen molar-refractivity contribution < 1.29 is 12.3 Å².